The lowest BCUT2D eigenvalue weighted by Gasteiger charge is -1.88. The first kappa shape index (κ1) is 8.17. The molecule has 0 unspecified atom stereocenters. The molecular formula is C6H10O3. The Morgan fingerprint density at radius 3 is 2.89 bits per heavy atom. The molecule has 0 rings (SSSR count). The third kappa shape index (κ3) is 7.17. The van der Waals surface area contributed by atoms with Gasteiger partial charge in [-0.05, 0) is 6.42 Å². The third-order valence-corrected chi connectivity index (χ3v) is 0.749. The van der Waals surface area contributed by atoms with E-state index in [9.17, 15) is 4.79 Å². The molecule has 0 atom stereocenters. The molecule has 0 bridgehead atoms. The van der Waals surface area contributed by atoms with Gasteiger partial charge in [0, 0.05) is 19.8 Å². The number of carboxylic acids is 1. The van der Waals surface area contributed by atoms with E-state index in [1.165, 1.54) is 0 Å². The van der Waals surface area contributed by atoms with E-state index in [1.54, 1.807) is 13.2 Å². The van der Waals surface area contributed by atoms with E-state index in [-0.39, 0.29) is 0 Å². The van der Waals surface area contributed by atoms with Crippen molar-refractivity contribution in [3.8, 4) is 0 Å². The fourth-order valence-electron chi connectivity index (χ4n) is 0.370. The van der Waals surface area contributed by atoms with Crippen LogP contribution in [0.25, 0.3) is 0 Å². The number of aliphatic carboxylic acids is 1. The zero-order valence-electron chi connectivity index (χ0n) is 5.33. The second-order valence-corrected chi connectivity index (χ2v) is 1.52. The molecule has 0 saturated carbocycles. The van der Waals surface area contributed by atoms with E-state index in [4.69, 9.17) is 5.11 Å². The number of ether oxygens (including phenoxy) is 1. The van der Waals surface area contributed by atoms with Crippen molar-refractivity contribution in [3.63, 3.8) is 0 Å². The van der Waals surface area contributed by atoms with Gasteiger partial charge in [0.2, 0.25) is 0 Å². The van der Waals surface area contributed by atoms with Gasteiger partial charge in [0.05, 0.1) is 0 Å². The summed E-state index contributed by atoms with van der Waals surface area (Å²) in [5.74, 6) is -0.911. The van der Waals surface area contributed by atoms with Crippen LogP contribution in [0.2, 0.25) is 0 Å². The minimum atomic E-state index is -0.911. The Balaban J connectivity index is 3.15. The van der Waals surface area contributed by atoms with Gasteiger partial charge >= 0.3 is 5.97 Å². The molecule has 0 fully saturated rings. The summed E-state index contributed by atoms with van der Waals surface area (Å²) >= 11 is 0. The SMILES string of the molecule is COCC/C=C/C(=O)O. The Bertz CT molecular complexity index is 107. The topological polar surface area (TPSA) is 46.5 Å². The molecule has 9 heavy (non-hydrogen) atoms. The first-order chi connectivity index (χ1) is 4.27. The molecular weight excluding hydrogens is 120 g/mol. The third-order valence-electron chi connectivity index (χ3n) is 0.749. The molecule has 1 N–H and O–H groups in total. The standard InChI is InChI=1S/C6H10O3/c1-9-5-3-2-4-6(7)8/h2,4H,3,5H2,1H3,(H,7,8)/b4-2+. The number of rotatable bonds is 4. The van der Waals surface area contributed by atoms with Crippen LogP contribution in [-0.2, 0) is 9.53 Å². The fraction of sp³-hybridized carbons (Fsp3) is 0.500. The lowest BCUT2D eigenvalue weighted by atomic mass is 10.4. The molecule has 0 aliphatic heterocycles. The van der Waals surface area contributed by atoms with E-state index in [2.05, 4.69) is 4.74 Å². The van der Waals surface area contributed by atoms with Crippen LogP contribution in [0.5, 0.6) is 0 Å². The molecule has 0 saturated heterocycles. The summed E-state index contributed by atoms with van der Waals surface area (Å²) in [6.45, 7) is 0.573. The first-order valence-corrected chi connectivity index (χ1v) is 2.65. The van der Waals surface area contributed by atoms with E-state index >= 15 is 0 Å². The van der Waals surface area contributed by atoms with Crippen LogP contribution in [-0.4, -0.2) is 24.8 Å². The average molecular weight is 130 g/mol. The van der Waals surface area contributed by atoms with Gasteiger partial charge in [-0.1, -0.05) is 6.08 Å². The highest BCUT2D eigenvalue weighted by molar-refractivity contribution is 5.79. The van der Waals surface area contributed by atoms with Gasteiger partial charge in [-0.25, -0.2) is 4.79 Å². The maximum absolute atomic E-state index is 9.83. The van der Waals surface area contributed by atoms with Crippen molar-refractivity contribution in [1.82, 2.24) is 0 Å². The van der Waals surface area contributed by atoms with E-state index in [0.29, 0.717) is 13.0 Å². The Morgan fingerprint density at radius 2 is 2.44 bits per heavy atom. The van der Waals surface area contributed by atoms with Crippen LogP contribution < -0.4 is 0 Å². The van der Waals surface area contributed by atoms with Crippen LogP contribution in [0.15, 0.2) is 12.2 Å². The molecule has 0 heterocycles. The zero-order chi connectivity index (χ0) is 7.11. The van der Waals surface area contributed by atoms with E-state index in [0.717, 1.165) is 6.08 Å². The second-order valence-electron chi connectivity index (χ2n) is 1.52. The van der Waals surface area contributed by atoms with E-state index < -0.39 is 5.97 Å². The van der Waals surface area contributed by atoms with Crippen LogP contribution in [0.3, 0.4) is 0 Å². The van der Waals surface area contributed by atoms with Gasteiger partial charge in [-0.2, -0.15) is 0 Å². The number of methoxy groups -OCH3 is 1. The van der Waals surface area contributed by atoms with E-state index in [1.807, 2.05) is 0 Å². The van der Waals surface area contributed by atoms with Crippen LogP contribution in [0.1, 0.15) is 6.42 Å². The molecule has 0 amide bonds. The minimum Gasteiger partial charge on any atom is -0.478 e. The predicted octanol–water partition coefficient (Wildman–Crippen LogP) is 0.664. The summed E-state index contributed by atoms with van der Waals surface area (Å²) in [5.41, 5.74) is 0. The summed E-state index contributed by atoms with van der Waals surface area (Å²) in [7, 11) is 1.58. The lowest BCUT2D eigenvalue weighted by Crippen LogP contribution is -1.88. The summed E-state index contributed by atoms with van der Waals surface area (Å²) < 4.78 is 4.68. The highest BCUT2D eigenvalue weighted by Crippen LogP contribution is 1.82. The largest absolute Gasteiger partial charge is 0.478 e. The Labute approximate surface area is 53.9 Å². The molecule has 0 spiro atoms. The van der Waals surface area contributed by atoms with Gasteiger partial charge in [-0.15, -0.1) is 0 Å². The summed E-state index contributed by atoms with van der Waals surface area (Å²) in [6.07, 6.45) is 3.33. The molecule has 0 radical (unpaired) electrons. The fourth-order valence-corrected chi connectivity index (χ4v) is 0.370. The molecule has 0 aromatic rings. The maximum Gasteiger partial charge on any atom is 0.327 e. The highest BCUT2D eigenvalue weighted by Gasteiger charge is 1.83. The molecule has 0 aliphatic carbocycles. The van der Waals surface area contributed by atoms with Gasteiger partial charge in [0.1, 0.15) is 0 Å². The Hall–Kier alpha value is -0.830. The Kier molecular flexibility index (Phi) is 4.82. The predicted molar refractivity (Wildman–Crippen MR) is 33.3 cm³/mol. The van der Waals surface area contributed by atoms with Crippen molar-refractivity contribution in [2.45, 2.75) is 6.42 Å². The van der Waals surface area contributed by atoms with Crippen molar-refractivity contribution in [1.29, 1.82) is 0 Å². The van der Waals surface area contributed by atoms with Gasteiger partial charge in [-0.3, -0.25) is 0 Å². The van der Waals surface area contributed by atoms with Crippen molar-refractivity contribution in [2.75, 3.05) is 13.7 Å². The molecule has 3 heteroatoms. The summed E-state index contributed by atoms with van der Waals surface area (Å²) in [6, 6.07) is 0. The highest BCUT2D eigenvalue weighted by atomic mass is 16.5. The quantitative estimate of drug-likeness (QED) is 0.449. The monoisotopic (exact) mass is 130 g/mol. The Morgan fingerprint density at radius 1 is 1.78 bits per heavy atom. The number of carbonyl (C=O) groups is 1. The minimum absolute atomic E-state index is 0.573. The van der Waals surface area contributed by atoms with Crippen molar-refractivity contribution >= 4 is 5.97 Å². The normalized spacial score (nSPS) is 10.3. The van der Waals surface area contributed by atoms with Crippen molar-refractivity contribution < 1.29 is 14.6 Å². The lowest BCUT2D eigenvalue weighted by molar-refractivity contribution is -0.131. The molecule has 0 aromatic heterocycles. The van der Waals surface area contributed by atoms with Crippen molar-refractivity contribution in [3.05, 3.63) is 12.2 Å². The van der Waals surface area contributed by atoms with Crippen LogP contribution in [0.4, 0.5) is 0 Å². The summed E-state index contributed by atoms with van der Waals surface area (Å²) in [4.78, 5) is 9.83. The first-order valence-electron chi connectivity index (χ1n) is 2.65. The van der Waals surface area contributed by atoms with Gasteiger partial charge < -0.3 is 9.84 Å². The maximum atomic E-state index is 9.83. The number of hydrogen-bond acceptors (Lipinski definition) is 2. The van der Waals surface area contributed by atoms with Crippen molar-refractivity contribution in [2.24, 2.45) is 0 Å². The smallest absolute Gasteiger partial charge is 0.327 e. The van der Waals surface area contributed by atoms with Gasteiger partial charge in [0.25, 0.3) is 0 Å². The summed E-state index contributed by atoms with van der Waals surface area (Å²) in [5, 5.41) is 8.09. The molecule has 3 nitrogen and oxygen atoms in total. The average Bonchev–Trinajstić information content (AvgIpc) is 1.80. The molecule has 0 aromatic carbocycles. The van der Waals surface area contributed by atoms with Crippen LogP contribution >= 0.6 is 0 Å². The van der Waals surface area contributed by atoms with Crippen LogP contribution in [0, 0.1) is 0 Å². The molecule has 0 aliphatic rings. The number of carboxylic acid groups (broad SMARTS) is 1. The second kappa shape index (κ2) is 5.31. The van der Waals surface area contributed by atoms with Gasteiger partial charge in [0.15, 0.2) is 0 Å². The number of hydrogen-bond donors (Lipinski definition) is 1. The zero-order valence-corrected chi connectivity index (χ0v) is 5.33. The molecule has 52 valence electrons.